The first-order valence-electron chi connectivity index (χ1n) is 6.97. The van der Waals surface area contributed by atoms with Gasteiger partial charge in [-0.15, -0.1) is 0 Å². The van der Waals surface area contributed by atoms with Crippen LogP contribution in [0.4, 0.5) is 0 Å². The maximum atomic E-state index is 12.3. The van der Waals surface area contributed by atoms with Crippen LogP contribution in [0.15, 0.2) is 72.3 Å². The Labute approximate surface area is 125 Å². The van der Waals surface area contributed by atoms with Crippen LogP contribution in [0, 0.1) is 5.92 Å². The fourth-order valence-corrected chi connectivity index (χ4v) is 2.21. The molecular formula is C19H18O2. The summed E-state index contributed by atoms with van der Waals surface area (Å²) in [7, 11) is 0. The highest BCUT2D eigenvalue weighted by Gasteiger charge is 2.15. The SMILES string of the molecule is CC(=CC(C)C(=O)c1ccccc1)C(=O)c1ccccc1. The van der Waals surface area contributed by atoms with Crippen molar-refractivity contribution >= 4 is 11.6 Å². The number of carbonyl (C=O) groups excluding carboxylic acids is 2. The van der Waals surface area contributed by atoms with Crippen molar-refractivity contribution in [2.24, 2.45) is 5.92 Å². The first kappa shape index (κ1) is 14.9. The second kappa shape index (κ2) is 6.80. The molecule has 0 N–H and O–H groups in total. The summed E-state index contributed by atoms with van der Waals surface area (Å²) in [5.74, 6) is -0.334. The lowest BCUT2D eigenvalue weighted by atomic mass is 9.95. The van der Waals surface area contributed by atoms with Gasteiger partial charge in [0.2, 0.25) is 0 Å². The third-order valence-electron chi connectivity index (χ3n) is 3.37. The number of hydrogen-bond acceptors (Lipinski definition) is 2. The number of benzene rings is 2. The molecule has 2 aromatic rings. The predicted molar refractivity (Wildman–Crippen MR) is 84.5 cm³/mol. The van der Waals surface area contributed by atoms with Crippen molar-refractivity contribution in [3.63, 3.8) is 0 Å². The van der Waals surface area contributed by atoms with Crippen molar-refractivity contribution < 1.29 is 9.59 Å². The summed E-state index contributed by atoms with van der Waals surface area (Å²) in [5.41, 5.74) is 1.91. The van der Waals surface area contributed by atoms with Crippen molar-refractivity contribution in [1.29, 1.82) is 0 Å². The maximum Gasteiger partial charge on any atom is 0.188 e. The first-order chi connectivity index (χ1) is 10.1. The van der Waals surface area contributed by atoms with E-state index in [2.05, 4.69) is 0 Å². The minimum absolute atomic E-state index is 0.0239. The van der Waals surface area contributed by atoms with Crippen LogP contribution in [0.3, 0.4) is 0 Å². The molecule has 106 valence electrons. The molecule has 0 fully saturated rings. The summed E-state index contributed by atoms with van der Waals surface area (Å²) in [6.07, 6.45) is 1.74. The van der Waals surface area contributed by atoms with Crippen LogP contribution >= 0.6 is 0 Å². The minimum atomic E-state index is -0.319. The zero-order chi connectivity index (χ0) is 15.2. The van der Waals surface area contributed by atoms with E-state index in [1.165, 1.54) is 0 Å². The molecule has 2 rings (SSSR count). The molecule has 2 nitrogen and oxygen atoms in total. The quantitative estimate of drug-likeness (QED) is 0.602. The number of rotatable bonds is 5. The zero-order valence-corrected chi connectivity index (χ0v) is 12.2. The van der Waals surface area contributed by atoms with Crippen molar-refractivity contribution in [2.75, 3.05) is 0 Å². The molecule has 21 heavy (non-hydrogen) atoms. The van der Waals surface area contributed by atoms with E-state index in [4.69, 9.17) is 0 Å². The van der Waals surface area contributed by atoms with E-state index in [-0.39, 0.29) is 17.5 Å². The lowest BCUT2D eigenvalue weighted by molar-refractivity contribution is 0.0952. The highest BCUT2D eigenvalue weighted by atomic mass is 16.1. The van der Waals surface area contributed by atoms with E-state index in [1.807, 2.05) is 43.3 Å². The van der Waals surface area contributed by atoms with Gasteiger partial charge in [-0.1, -0.05) is 73.7 Å². The van der Waals surface area contributed by atoms with Gasteiger partial charge in [0, 0.05) is 17.0 Å². The average molecular weight is 278 g/mol. The Bertz CT molecular complexity index is 654. The summed E-state index contributed by atoms with van der Waals surface area (Å²) in [4.78, 5) is 24.5. The van der Waals surface area contributed by atoms with E-state index in [0.717, 1.165) is 0 Å². The van der Waals surface area contributed by atoms with Gasteiger partial charge in [0.1, 0.15) is 0 Å². The maximum absolute atomic E-state index is 12.3. The first-order valence-corrected chi connectivity index (χ1v) is 6.97. The molecule has 2 heteroatoms. The molecule has 0 aliphatic carbocycles. The predicted octanol–water partition coefficient (Wildman–Crippen LogP) is 4.33. The molecule has 0 saturated carbocycles. The van der Waals surface area contributed by atoms with Crippen LogP contribution in [0.2, 0.25) is 0 Å². The van der Waals surface area contributed by atoms with Gasteiger partial charge >= 0.3 is 0 Å². The van der Waals surface area contributed by atoms with Crippen LogP contribution < -0.4 is 0 Å². The van der Waals surface area contributed by atoms with Crippen LogP contribution in [0.1, 0.15) is 34.6 Å². The lowest BCUT2D eigenvalue weighted by Gasteiger charge is -2.08. The molecule has 2 aromatic carbocycles. The summed E-state index contributed by atoms with van der Waals surface area (Å²) in [6, 6.07) is 18.2. The molecule has 0 heterocycles. The van der Waals surface area contributed by atoms with E-state index in [9.17, 15) is 9.59 Å². The third kappa shape index (κ3) is 3.76. The monoisotopic (exact) mass is 278 g/mol. The Hall–Kier alpha value is -2.48. The molecule has 0 saturated heterocycles. The minimum Gasteiger partial charge on any atom is -0.294 e. The fourth-order valence-electron chi connectivity index (χ4n) is 2.21. The number of hydrogen-bond donors (Lipinski definition) is 0. The van der Waals surface area contributed by atoms with Gasteiger partial charge in [-0.3, -0.25) is 9.59 Å². The molecule has 1 unspecified atom stereocenters. The van der Waals surface area contributed by atoms with Crippen molar-refractivity contribution in [3.8, 4) is 0 Å². The average Bonchev–Trinajstić information content (AvgIpc) is 2.55. The van der Waals surface area contributed by atoms with Crippen LogP contribution in [-0.4, -0.2) is 11.6 Å². The van der Waals surface area contributed by atoms with Crippen LogP contribution in [-0.2, 0) is 0 Å². The highest BCUT2D eigenvalue weighted by Crippen LogP contribution is 2.14. The van der Waals surface area contributed by atoms with Gasteiger partial charge in [-0.05, 0) is 12.5 Å². The van der Waals surface area contributed by atoms with E-state index in [0.29, 0.717) is 16.7 Å². The van der Waals surface area contributed by atoms with Gasteiger partial charge in [-0.2, -0.15) is 0 Å². The van der Waals surface area contributed by atoms with E-state index < -0.39 is 0 Å². The largest absolute Gasteiger partial charge is 0.294 e. The van der Waals surface area contributed by atoms with E-state index >= 15 is 0 Å². The third-order valence-corrected chi connectivity index (χ3v) is 3.37. The molecular weight excluding hydrogens is 260 g/mol. The highest BCUT2D eigenvalue weighted by molar-refractivity contribution is 6.09. The summed E-state index contributed by atoms with van der Waals surface area (Å²) in [6.45, 7) is 3.57. The molecule has 0 aliphatic heterocycles. The number of ketones is 2. The Morgan fingerprint density at radius 1 is 0.857 bits per heavy atom. The van der Waals surface area contributed by atoms with Crippen LogP contribution in [0.25, 0.3) is 0 Å². The Balaban J connectivity index is 2.15. The van der Waals surface area contributed by atoms with E-state index in [1.54, 1.807) is 37.3 Å². The molecule has 0 radical (unpaired) electrons. The Kier molecular flexibility index (Phi) is 4.83. The summed E-state index contributed by atoms with van der Waals surface area (Å²) < 4.78 is 0. The van der Waals surface area contributed by atoms with Gasteiger partial charge in [-0.25, -0.2) is 0 Å². The number of Topliss-reactive ketones (excluding diaryl/α,β-unsaturated/α-hetero) is 2. The normalized spacial score (nSPS) is 12.8. The zero-order valence-electron chi connectivity index (χ0n) is 12.2. The smallest absolute Gasteiger partial charge is 0.188 e. The van der Waals surface area contributed by atoms with Crippen LogP contribution in [0.5, 0.6) is 0 Å². The Morgan fingerprint density at radius 3 is 1.86 bits per heavy atom. The van der Waals surface area contributed by atoms with Crippen molar-refractivity contribution in [3.05, 3.63) is 83.4 Å². The lowest BCUT2D eigenvalue weighted by Crippen LogP contribution is -2.11. The van der Waals surface area contributed by atoms with Crippen molar-refractivity contribution in [2.45, 2.75) is 13.8 Å². The molecule has 0 bridgehead atoms. The molecule has 0 spiro atoms. The molecule has 1 atom stereocenters. The van der Waals surface area contributed by atoms with Crippen molar-refractivity contribution in [1.82, 2.24) is 0 Å². The topological polar surface area (TPSA) is 34.1 Å². The second-order valence-electron chi connectivity index (χ2n) is 5.06. The molecule has 0 amide bonds. The standard InChI is InChI=1S/C19H18O2/c1-14(18(20)16-9-5-3-6-10-16)13-15(2)19(21)17-11-7-4-8-12-17/h3-14H,1-2H3. The molecule has 0 aliphatic rings. The van der Waals surface area contributed by atoms with Gasteiger partial charge in [0.05, 0.1) is 0 Å². The number of carbonyl (C=O) groups is 2. The Morgan fingerprint density at radius 2 is 1.33 bits per heavy atom. The van der Waals surface area contributed by atoms with Gasteiger partial charge in [0.15, 0.2) is 11.6 Å². The van der Waals surface area contributed by atoms with Gasteiger partial charge < -0.3 is 0 Å². The fraction of sp³-hybridized carbons (Fsp3) is 0.158. The summed E-state index contributed by atoms with van der Waals surface area (Å²) in [5, 5.41) is 0. The number of allylic oxidation sites excluding steroid dienone is 2. The second-order valence-corrected chi connectivity index (χ2v) is 5.06. The summed E-state index contributed by atoms with van der Waals surface area (Å²) >= 11 is 0. The van der Waals surface area contributed by atoms with Gasteiger partial charge in [0.25, 0.3) is 0 Å². The molecule has 0 aromatic heterocycles.